The molecule has 0 saturated carbocycles. The molecule has 0 atom stereocenters. The number of halogens is 1. The van der Waals surface area contributed by atoms with Crippen LogP contribution < -0.4 is 5.14 Å². The van der Waals surface area contributed by atoms with Crippen molar-refractivity contribution in [2.75, 3.05) is 26.2 Å². The summed E-state index contributed by atoms with van der Waals surface area (Å²) in [6.45, 7) is 1.09. The molecule has 2 heterocycles. The Balaban J connectivity index is 1.75. The highest BCUT2D eigenvalue weighted by molar-refractivity contribution is 7.86. The largest absolute Gasteiger partial charge is 0.355 e. The molecule has 2 aromatic rings. The Labute approximate surface area is 150 Å². The highest BCUT2D eigenvalue weighted by Crippen LogP contribution is 2.28. The first-order valence-electron chi connectivity index (χ1n) is 7.65. The molecular weight excluding hydrogens is 368 g/mol. The number of carbonyl (C=O) groups is 1. The van der Waals surface area contributed by atoms with Crippen molar-refractivity contribution >= 4 is 27.7 Å². The van der Waals surface area contributed by atoms with E-state index in [2.05, 4.69) is 5.16 Å². The first-order chi connectivity index (χ1) is 11.9. The average Bonchev–Trinajstić information content (AvgIpc) is 2.90. The van der Waals surface area contributed by atoms with Crippen molar-refractivity contribution in [3.8, 4) is 11.3 Å². The van der Waals surface area contributed by atoms with E-state index in [0.717, 1.165) is 4.31 Å². The van der Waals surface area contributed by atoms with Crippen molar-refractivity contribution in [3.05, 3.63) is 41.0 Å². The van der Waals surface area contributed by atoms with Crippen LogP contribution in [0.1, 0.15) is 16.9 Å². The van der Waals surface area contributed by atoms with Crippen LogP contribution in [0.5, 0.6) is 0 Å². The van der Waals surface area contributed by atoms with Crippen LogP contribution in [0.3, 0.4) is 0 Å². The van der Waals surface area contributed by atoms with Crippen LogP contribution >= 0.6 is 11.6 Å². The van der Waals surface area contributed by atoms with E-state index >= 15 is 0 Å². The SMILES string of the molecule is NS(=O)(=O)N1CCCN(C(=O)c2cc(-c3ccccc3Cl)on2)CC1. The zero-order chi connectivity index (χ0) is 18.0. The van der Waals surface area contributed by atoms with Gasteiger partial charge in [0.1, 0.15) is 0 Å². The minimum atomic E-state index is -3.75. The fourth-order valence-corrected chi connectivity index (χ4v) is 3.63. The molecule has 1 amide bonds. The third-order valence-corrected chi connectivity index (χ3v) is 5.39. The molecule has 3 rings (SSSR count). The van der Waals surface area contributed by atoms with Gasteiger partial charge in [0.05, 0.1) is 5.02 Å². The zero-order valence-corrected chi connectivity index (χ0v) is 14.8. The molecule has 2 N–H and O–H groups in total. The Morgan fingerprint density at radius 1 is 1.20 bits per heavy atom. The second-order valence-electron chi connectivity index (χ2n) is 5.65. The molecule has 134 valence electrons. The summed E-state index contributed by atoms with van der Waals surface area (Å²) in [5.41, 5.74) is 0.797. The number of hydrogen-bond acceptors (Lipinski definition) is 5. The predicted octanol–water partition coefficient (Wildman–Crippen LogP) is 1.35. The fraction of sp³-hybridized carbons (Fsp3) is 0.333. The van der Waals surface area contributed by atoms with E-state index in [9.17, 15) is 13.2 Å². The number of aromatic nitrogens is 1. The van der Waals surface area contributed by atoms with Gasteiger partial charge in [-0.3, -0.25) is 4.79 Å². The van der Waals surface area contributed by atoms with Crippen LogP contribution in [0.15, 0.2) is 34.9 Å². The molecule has 1 aliphatic rings. The smallest absolute Gasteiger partial charge is 0.276 e. The van der Waals surface area contributed by atoms with Gasteiger partial charge in [0.15, 0.2) is 11.5 Å². The third kappa shape index (κ3) is 4.01. The van der Waals surface area contributed by atoms with Crippen molar-refractivity contribution < 1.29 is 17.7 Å². The molecule has 0 unspecified atom stereocenters. The van der Waals surface area contributed by atoms with Crippen molar-refractivity contribution in [3.63, 3.8) is 0 Å². The lowest BCUT2D eigenvalue weighted by Crippen LogP contribution is -2.40. The molecule has 0 bridgehead atoms. The molecule has 25 heavy (non-hydrogen) atoms. The van der Waals surface area contributed by atoms with E-state index < -0.39 is 10.2 Å². The summed E-state index contributed by atoms with van der Waals surface area (Å²) < 4.78 is 29.3. The standard InChI is InChI=1S/C15H17ClN4O4S/c16-12-5-2-1-4-11(12)14-10-13(18-24-14)15(21)19-6-3-7-20(9-8-19)25(17,22)23/h1-2,4-5,10H,3,6-9H2,(H2,17,22,23). The van der Waals surface area contributed by atoms with Crippen molar-refractivity contribution in [1.29, 1.82) is 0 Å². The number of carbonyl (C=O) groups excluding carboxylic acids is 1. The maximum Gasteiger partial charge on any atom is 0.276 e. The van der Waals surface area contributed by atoms with Gasteiger partial charge >= 0.3 is 0 Å². The van der Waals surface area contributed by atoms with Crippen LogP contribution in [0.4, 0.5) is 0 Å². The summed E-state index contributed by atoms with van der Waals surface area (Å²) in [4.78, 5) is 14.2. The molecule has 10 heteroatoms. The number of amides is 1. The van der Waals surface area contributed by atoms with E-state index in [1.165, 1.54) is 6.07 Å². The monoisotopic (exact) mass is 384 g/mol. The normalized spacial score (nSPS) is 16.6. The van der Waals surface area contributed by atoms with Crippen molar-refractivity contribution in [1.82, 2.24) is 14.4 Å². The fourth-order valence-electron chi connectivity index (χ4n) is 2.68. The number of nitrogens with zero attached hydrogens (tertiary/aromatic N) is 3. The molecule has 1 aromatic carbocycles. The summed E-state index contributed by atoms with van der Waals surface area (Å²) in [5.74, 6) is 0.0771. The van der Waals surface area contributed by atoms with Gasteiger partial charge < -0.3 is 9.42 Å². The number of benzene rings is 1. The predicted molar refractivity (Wildman–Crippen MR) is 92.1 cm³/mol. The second-order valence-corrected chi connectivity index (χ2v) is 7.60. The van der Waals surface area contributed by atoms with E-state index in [4.69, 9.17) is 21.3 Å². The zero-order valence-electron chi connectivity index (χ0n) is 13.3. The third-order valence-electron chi connectivity index (χ3n) is 3.97. The Hall–Kier alpha value is -1.94. The minimum Gasteiger partial charge on any atom is -0.355 e. The van der Waals surface area contributed by atoms with E-state index in [-0.39, 0.29) is 31.2 Å². The molecule has 8 nitrogen and oxygen atoms in total. The highest BCUT2D eigenvalue weighted by Gasteiger charge is 2.26. The van der Waals surface area contributed by atoms with Crippen LogP contribution in [-0.4, -0.2) is 54.9 Å². The Morgan fingerprint density at radius 2 is 1.96 bits per heavy atom. The Kier molecular flexibility index (Phi) is 5.09. The lowest BCUT2D eigenvalue weighted by molar-refractivity contribution is 0.0754. The maximum absolute atomic E-state index is 12.6. The quantitative estimate of drug-likeness (QED) is 0.858. The molecule has 1 fully saturated rings. The summed E-state index contributed by atoms with van der Waals surface area (Å²) >= 11 is 6.12. The molecule has 0 aliphatic carbocycles. The van der Waals surface area contributed by atoms with Gasteiger partial charge in [-0.1, -0.05) is 28.9 Å². The Bertz CT molecular complexity index is 883. The first-order valence-corrected chi connectivity index (χ1v) is 9.53. The molecular formula is C15H17ClN4O4S. The van der Waals surface area contributed by atoms with Crippen molar-refractivity contribution in [2.24, 2.45) is 5.14 Å². The number of hydrogen-bond donors (Lipinski definition) is 1. The second kappa shape index (κ2) is 7.12. The van der Waals surface area contributed by atoms with E-state index in [1.54, 1.807) is 23.1 Å². The highest BCUT2D eigenvalue weighted by atomic mass is 35.5. The molecule has 0 radical (unpaired) electrons. The minimum absolute atomic E-state index is 0.152. The topological polar surface area (TPSA) is 110 Å². The molecule has 0 spiro atoms. The summed E-state index contributed by atoms with van der Waals surface area (Å²) in [7, 11) is -3.75. The summed E-state index contributed by atoms with van der Waals surface area (Å²) in [5, 5.41) is 9.47. The van der Waals surface area contributed by atoms with Crippen LogP contribution in [0.2, 0.25) is 5.02 Å². The van der Waals surface area contributed by atoms with E-state index in [1.807, 2.05) is 6.07 Å². The lowest BCUT2D eigenvalue weighted by Gasteiger charge is -2.19. The van der Waals surface area contributed by atoms with Gasteiger partial charge in [-0.05, 0) is 18.6 Å². The molecule has 1 aromatic heterocycles. The molecule has 1 aliphatic heterocycles. The summed E-state index contributed by atoms with van der Waals surface area (Å²) in [6.07, 6.45) is 0.497. The first kappa shape index (κ1) is 17.9. The van der Waals surface area contributed by atoms with Crippen LogP contribution in [-0.2, 0) is 10.2 Å². The van der Waals surface area contributed by atoms with Gasteiger partial charge in [0, 0.05) is 37.8 Å². The van der Waals surface area contributed by atoms with Gasteiger partial charge in [-0.2, -0.15) is 12.7 Å². The maximum atomic E-state index is 12.6. The van der Waals surface area contributed by atoms with Crippen LogP contribution in [0.25, 0.3) is 11.3 Å². The van der Waals surface area contributed by atoms with Gasteiger partial charge in [-0.15, -0.1) is 0 Å². The summed E-state index contributed by atoms with van der Waals surface area (Å²) in [6, 6.07) is 8.63. The van der Waals surface area contributed by atoms with Gasteiger partial charge in [0.2, 0.25) is 0 Å². The average molecular weight is 385 g/mol. The van der Waals surface area contributed by atoms with E-state index in [0.29, 0.717) is 29.3 Å². The van der Waals surface area contributed by atoms with Gasteiger partial charge in [0.25, 0.3) is 16.1 Å². The number of nitrogens with two attached hydrogens (primary N) is 1. The molecule has 1 saturated heterocycles. The lowest BCUT2D eigenvalue weighted by atomic mass is 10.1. The van der Waals surface area contributed by atoms with Gasteiger partial charge in [-0.25, -0.2) is 5.14 Å². The van der Waals surface area contributed by atoms with Crippen LogP contribution in [0, 0.1) is 0 Å². The van der Waals surface area contributed by atoms with Crippen molar-refractivity contribution in [2.45, 2.75) is 6.42 Å². The Morgan fingerprint density at radius 3 is 2.68 bits per heavy atom. The number of rotatable bonds is 3.